The molecule has 1 heterocycles. The molecule has 1 aliphatic rings. The highest BCUT2D eigenvalue weighted by atomic mass is 32.2. The van der Waals surface area contributed by atoms with Crippen molar-refractivity contribution in [3.8, 4) is 22.6 Å². The first-order valence-electron chi connectivity index (χ1n) is 11.2. The van der Waals surface area contributed by atoms with E-state index in [0.29, 0.717) is 34.4 Å². The molecule has 38 heavy (non-hydrogen) atoms. The van der Waals surface area contributed by atoms with E-state index in [1.807, 2.05) is 0 Å². The summed E-state index contributed by atoms with van der Waals surface area (Å²) in [6.07, 6.45) is 0.733. The minimum Gasteiger partial charge on any atom is -0.484 e. The topological polar surface area (TPSA) is 125 Å². The van der Waals surface area contributed by atoms with Crippen molar-refractivity contribution < 1.29 is 41.4 Å². The van der Waals surface area contributed by atoms with Crippen LogP contribution >= 0.6 is 0 Å². The molecule has 13 heteroatoms. The van der Waals surface area contributed by atoms with E-state index >= 15 is 0 Å². The van der Waals surface area contributed by atoms with Gasteiger partial charge in [0.15, 0.2) is 21.3 Å². The zero-order valence-electron chi connectivity index (χ0n) is 20.0. The molecule has 0 aliphatic carbocycles. The second-order valence-electron chi connectivity index (χ2n) is 8.49. The van der Waals surface area contributed by atoms with Gasteiger partial charge in [-0.1, -0.05) is 12.1 Å². The summed E-state index contributed by atoms with van der Waals surface area (Å²) in [7, 11) is -3.42. The van der Waals surface area contributed by atoms with Gasteiger partial charge in [0.25, 0.3) is 5.09 Å². The van der Waals surface area contributed by atoms with E-state index in [1.54, 1.807) is 24.3 Å². The maximum atomic E-state index is 13.9. The fourth-order valence-corrected chi connectivity index (χ4v) is 4.66. The molecular weight excluding hydrogens is 526 g/mol. The van der Waals surface area contributed by atoms with Crippen LogP contribution in [-0.4, -0.2) is 57.1 Å². The van der Waals surface area contributed by atoms with Gasteiger partial charge >= 0.3 is 0 Å². The SMILES string of the molecule is CS(=O)(=O)c1ccc(-c2cc3c(cc2Cc2cc(F)cc(F)c2)OC(N(C=O)CCO[N+](=O)[O-])CO3)cc1. The second-order valence-corrected chi connectivity index (χ2v) is 10.5. The first-order valence-corrected chi connectivity index (χ1v) is 13.1. The van der Waals surface area contributed by atoms with Crippen LogP contribution in [0.1, 0.15) is 11.1 Å². The molecule has 0 N–H and O–H groups in total. The smallest absolute Gasteiger partial charge is 0.294 e. The Morgan fingerprint density at radius 2 is 1.79 bits per heavy atom. The predicted molar refractivity (Wildman–Crippen MR) is 130 cm³/mol. The molecular formula is C25H22F2N2O8S. The summed E-state index contributed by atoms with van der Waals surface area (Å²) in [5, 5.41) is 9.43. The second kappa shape index (κ2) is 11.0. The molecule has 0 spiro atoms. The highest BCUT2D eigenvalue weighted by Crippen LogP contribution is 2.40. The van der Waals surface area contributed by atoms with Crippen molar-refractivity contribution in [2.45, 2.75) is 17.5 Å². The molecule has 0 radical (unpaired) electrons. The fourth-order valence-electron chi connectivity index (χ4n) is 4.03. The summed E-state index contributed by atoms with van der Waals surface area (Å²) in [6.45, 7) is -0.573. The summed E-state index contributed by atoms with van der Waals surface area (Å²) < 4.78 is 63.3. The van der Waals surface area contributed by atoms with Crippen molar-refractivity contribution in [3.05, 3.63) is 87.5 Å². The van der Waals surface area contributed by atoms with Crippen molar-refractivity contribution >= 4 is 16.2 Å². The molecule has 1 atom stereocenters. The Bertz CT molecular complexity index is 1440. The maximum Gasteiger partial charge on any atom is 0.294 e. The Morgan fingerprint density at radius 3 is 2.39 bits per heavy atom. The number of halogens is 2. The molecule has 1 unspecified atom stereocenters. The molecule has 0 bridgehead atoms. The summed E-state index contributed by atoms with van der Waals surface area (Å²) >= 11 is 0. The lowest BCUT2D eigenvalue weighted by Gasteiger charge is -2.33. The van der Waals surface area contributed by atoms with Gasteiger partial charge in [-0.15, -0.1) is 10.1 Å². The highest BCUT2D eigenvalue weighted by Gasteiger charge is 2.28. The number of nitrogens with zero attached hydrogens (tertiary/aromatic N) is 2. The van der Waals surface area contributed by atoms with Crippen LogP contribution in [0.4, 0.5) is 8.78 Å². The van der Waals surface area contributed by atoms with Gasteiger partial charge in [-0.05, 0) is 65.1 Å². The van der Waals surface area contributed by atoms with Crippen molar-refractivity contribution in [1.82, 2.24) is 4.90 Å². The van der Waals surface area contributed by atoms with E-state index in [9.17, 15) is 32.1 Å². The van der Waals surface area contributed by atoms with E-state index in [-0.39, 0.29) is 36.8 Å². The largest absolute Gasteiger partial charge is 0.484 e. The number of rotatable bonds is 10. The number of sulfone groups is 1. The zero-order chi connectivity index (χ0) is 27.4. The van der Waals surface area contributed by atoms with Gasteiger partial charge in [0, 0.05) is 18.9 Å². The normalized spacial score (nSPS) is 14.6. The van der Waals surface area contributed by atoms with Crippen molar-refractivity contribution in [3.63, 3.8) is 0 Å². The van der Waals surface area contributed by atoms with E-state index in [0.717, 1.165) is 17.2 Å². The van der Waals surface area contributed by atoms with Crippen molar-refractivity contribution in [2.24, 2.45) is 0 Å². The van der Waals surface area contributed by atoms with Crippen LogP contribution in [0.3, 0.4) is 0 Å². The molecule has 4 rings (SSSR count). The Hall–Kier alpha value is -4.26. The minimum absolute atomic E-state index is 0.0783. The lowest BCUT2D eigenvalue weighted by molar-refractivity contribution is -0.757. The first kappa shape index (κ1) is 26.8. The van der Waals surface area contributed by atoms with Gasteiger partial charge in [0.05, 0.1) is 4.90 Å². The van der Waals surface area contributed by atoms with Crippen LogP contribution in [0.15, 0.2) is 59.5 Å². The predicted octanol–water partition coefficient (Wildman–Crippen LogP) is 3.39. The molecule has 0 fully saturated rings. The van der Waals surface area contributed by atoms with Gasteiger partial charge in [0.2, 0.25) is 12.6 Å². The van der Waals surface area contributed by atoms with Gasteiger partial charge in [-0.25, -0.2) is 17.2 Å². The number of amides is 1. The third kappa shape index (κ3) is 6.35. The van der Waals surface area contributed by atoms with Crippen molar-refractivity contribution in [1.29, 1.82) is 0 Å². The van der Waals surface area contributed by atoms with Crippen molar-refractivity contribution in [2.75, 3.05) is 26.0 Å². The van der Waals surface area contributed by atoms with Gasteiger partial charge in [-0.2, -0.15) is 0 Å². The van der Waals surface area contributed by atoms with E-state index in [1.165, 1.54) is 24.3 Å². The van der Waals surface area contributed by atoms with E-state index in [2.05, 4.69) is 4.84 Å². The highest BCUT2D eigenvalue weighted by molar-refractivity contribution is 7.90. The van der Waals surface area contributed by atoms with E-state index < -0.39 is 32.8 Å². The third-order valence-electron chi connectivity index (χ3n) is 5.78. The van der Waals surface area contributed by atoms with Gasteiger partial charge in [-0.3, -0.25) is 4.79 Å². The quantitative estimate of drug-likeness (QED) is 0.215. The Labute approximate surface area is 216 Å². The third-order valence-corrected chi connectivity index (χ3v) is 6.90. The van der Waals surface area contributed by atoms with Crippen LogP contribution in [0.25, 0.3) is 11.1 Å². The molecule has 0 saturated carbocycles. The van der Waals surface area contributed by atoms with Gasteiger partial charge < -0.3 is 19.2 Å². The van der Waals surface area contributed by atoms with Crippen LogP contribution in [-0.2, 0) is 25.9 Å². The number of hydrogen-bond acceptors (Lipinski definition) is 8. The molecule has 0 aromatic heterocycles. The molecule has 3 aromatic rings. The molecule has 0 saturated heterocycles. The summed E-state index contributed by atoms with van der Waals surface area (Å²) in [5.41, 5.74) is 2.17. The average Bonchev–Trinajstić information content (AvgIpc) is 2.85. The first-order chi connectivity index (χ1) is 18.0. The fraction of sp³-hybridized carbons (Fsp3) is 0.240. The number of fused-ring (bicyclic) bond motifs is 1. The Morgan fingerprint density at radius 1 is 1.11 bits per heavy atom. The molecule has 1 amide bonds. The number of carbonyl (C=O) groups excluding carboxylic acids is 1. The maximum absolute atomic E-state index is 13.9. The minimum atomic E-state index is -3.42. The number of carbonyl (C=O) groups is 1. The monoisotopic (exact) mass is 548 g/mol. The van der Waals surface area contributed by atoms with Crippen LogP contribution in [0.2, 0.25) is 0 Å². The molecule has 10 nitrogen and oxygen atoms in total. The Kier molecular flexibility index (Phi) is 7.76. The molecule has 3 aromatic carbocycles. The Balaban J connectivity index is 1.70. The average molecular weight is 549 g/mol. The van der Waals surface area contributed by atoms with Crippen LogP contribution in [0.5, 0.6) is 11.5 Å². The van der Waals surface area contributed by atoms with Gasteiger partial charge in [0.1, 0.15) is 24.8 Å². The summed E-state index contributed by atoms with van der Waals surface area (Å²) in [4.78, 5) is 27.5. The zero-order valence-corrected chi connectivity index (χ0v) is 20.8. The lowest BCUT2D eigenvalue weighted by Crippen LogP contribution is -2.46. The number of ether oxygens (including phenoxy) is 2. The van der Waals surface area contributed by atoms with E-state index in [4.69, 9.17) is 9.47 Å². The number of hydrogen-bond donors (Lipinski definition) is 0. The van der Waals surface area contributed by atoms with Crippen LogP contribution in [0, 0.1) is 21.7 Å². The van der Waals surface area contributed by atoms with Crippen LogP contribution < -0.4 is 9.47 Å². The lowest BCUT2D eigenvalue weighted by atomic mass is 9.94. The number of benzene rings is 3. The standard InChI is InChI=1S/C25H22F2N2O8S/c1-38(33,34)21-4-2-17(3-5-21)22-13-23-24(11-18(22)8-16-9-19(26)12-20(27)10-16)37-25(14-35-23)28(15-30)6-7-36-29(31)32/h2-5,9-13,15,25H,6-8,14H2,1H3. The molecule has 200 valence electrons. The summed E-state index contributed by atoms with van der Waals surface area (Å²) in [6, 6.07) is 12.6. The summed E-state index contributed by atoms with van der Waals surface area (Å²) in [5.74, 6) is -0.915. The molecule has 1 aliphatic heterocycles.